The van der Waals surface area contributed by atoms with E-state index < -0.39 is 23.6 Å². The highest BCUT2D eigenvalue weighted by molar-refractivity contribution is 6.34. The Kier molecular flexibility index (Phi) is 5.15. The summed E-state index contributed by atoms with van der Waals surface area (Å²) in [7, 11) is 1.60. The van der Waals surface area contributed by atoms with Crippen molar-refractivity contribution in [2.75, 3.05) is 23.4 Å². The molecule has 8 heteroatoms. The van der Waals surface area contributed by atoms with Crippen molar-refractivity contribution in [2.45, 2.75) is 12.6 Å². The summed E-state index contributed by atoms with van der Waals surface area (Å²) >= 11 is 6.02. The smallest absolute Gasteiger partial charge is 0.315 e. The topological polar surface area (TPSA) is 40.6 Å². The molecule has 1 heterocycles. The van der Waals surface area contributed by atoms with Crippen LogP contribution in [0.1, 0.15) is 12.0 Å². The van der Waals surface area contributed by atoms with E-state index in [1.165, 1.54) is 4.90 Å². The maximum atomic E-state index is 13.0. The number of hydrogen-bond acceptors (Lipinski definition) is 2. The average Bonchev–Trinajstić information content (AvgIpc) is 3.02. The third-order valence-corrected chi connectivity index (χ3v) is 4.83. The number of amides is 2. The zero-order valence-electron chi connectivity index (χ0n) is 14.3. The van der Waals surface area contributed by atoms with Crippen molar-refractivity contribution < 1.29 is 22.8 Å². The van der Waals surface area contributed by atoms with Gasteiger partial charge in [0.15, 0.2) is 0 Å². The summed E-state index contributed by atoms with van der Waals surface area (Å²) in [6.45, 7) is -0.0180. The van der Waals surface area contributed by atoms with E-state index in [0.29, 0.717) is 5.69 Å². The van der Waals surface area contributed by atoms with Crippen molar-refractivity contribution >= 4 is 34.8 Å². The van der Waals surface area contributed by atoms with Gasteiger partial charge < -0.3 is 9.80 Å². The van der Waals surface area contributed by atoms with E-state index in [1.807, 2.05) is 6.07 Å². The lowest BCUT2D eigenvalue weighted by molar-refractivity contribution is -0.137. The molecule has 0 N–H and O–H groups in total. The van der Waals surface area contributed by atoms with E-state index >= 15 is 0 Å². The number of rotatable bonds is 3. The SMILES string of the molecule is CN(C(=O)C1CC(=O)N(c2cc(C(F)(F)F)ccc2Cl)C1)c1ccccc1. The molecule has 2 amide bonds. The van der Waals surface area contributed by atoms with Gasteiger partial charge in [-0.15, -0.1) is 0 Å². The van der Waals surface area contributed by atoms with Crippen LogP contribution in [-0.4, -0.2) is 25.4 Å². The molecule has 1 aliphatic heterocycles. The molecule has 1 fully saturated rings. The summed E-state index contributed by atoms with van der Waals surface area (Å²) in [4.78, 5) is 27.7. The number of para-hydroxylation sites is 1. The first-order valence-electron chi connectivity index (χ1n) is 8.18. The van der Waals surface area contributed by atoms with Gasteiger partial charge in [0, 0.05) is 25.7 Å². The molecule has 2 aromatic carbocycles. The van der Waals surface area contributed by atoms with Crippen LogP contribution in [0.3, 0.4) is 0 Å². The summed E-state index contributed by atoms with van der Waals surface area (Å²) in [6, 6.07) is 11.7. The zero-order valence-corrected chi connectivity index (χ0v) is 15.1. The lowest BCUT2D eigenvalue weighted by Gasteiger charge is -2.22. The van der Waals surface area contributed by atoms with Crippen LogP contribution in [0.25, 0.3) is 0 Å². The van der Waals surface area contributed by atoms with Crippen molar-refractivity contribution in [3.8, 4) is 0 Å². The van der Waals surface area contributed by atoms with Crippen molar-refractivity contribution in [1.82, 2.24) is 0 Å². The van der Waals surface area contributed by atoms with Gasteiger partial charge in [0.1, 0.15) is 0 Å². The molecular formula is C19H16ClF3N2O2. The van der Waals surface area contributed by atoms with E-state index in [4.69, 9.17) is 11.6 Å². The van der Waals surface area contributed by atoms with Gasteiger partial charge in [-0.1, -0.05) is 29.8 Å². The Morgan fingerprint density at radius 2 is 1.85 bits per heavy atom. The molecule has 3 rings (SSSR count). The summed E-state index contributed by atoms with van der Waals surface area (Å²) < 4.78 is 38.9. The second-order valence-electron chi connectivity index (χ2n) is 6.30. The van der Waals surface area contributed by atoms with Crippen LogP contribution < -0.4 is 9.80 Å². The molecule has 1 saturated heterocycles. The van der Waals surface area contributed by atoms with Gasteiger partial charge in [-0.3, -0.25) is 9.59 Å². The van der Waals surface area contributed by atoms with Gasteiger partial charge in [-0.05, 0) is 30.3 Å². The molecular weight excluding hydrogens is 381 g/mol. The van der Waals surface area contributed by atoms with E-state index in [0.717, 1.165) is 23.1 Å². The Labute approximate surface area is 159 Å². The van der Waals surface area contributed by atoms with Crippen LogP contribution in [0.15, 0.2) is 48.5 Å². The Hall–Kier alpha value is -2.54. The molecule has 142 valence electrons. The van der Waals surface area contributed by atoms with Crippen LogP contribution in [0.5, 0.6) is 0 Å². The first-order chi connectivity index (χ1) is 12.7. The quantitative estimate of drug-likeness (QED) is 0.772. The zero-order chi connectivity index (χ0) is 19.8. The van der Waals surface area contributed by atoms with Gasteiger partial charge in [0.2, 0.25) is 11.8 Å². The highest BCUT2D eigenvalue weighted by Crippen LogP contribution is 2.37. The third-order valence-electron chi connectivity index (χ3n) is 4.51. The average molecular weight is 397 g/mol. The maximum absolute atomic E-state index is 13.0. The molecule has 2 aromatic rings. The minimum atomic E-state index is -4.55. The number of alkyl halides is 3. The monoisotopic (exact) mass is 396 g/mol. The van der Waals surface area contributed by atoms with Crippen LogP contribution in [0.2, 0.25) is 5.02 Å². The lowest BCUT2D eigenvalue weighted by atomic mass is 10.1. The molecule has 0 bridgehead atoms. The molecule has 27 heavy (non-hydrogen) atoms. The molecule has 4 nitrogen and oxygen atoms in total. The van der Waals surface area contributed by atoms with Crippen molar-refractivity contribution in [3.63, 3.8) is 0 Å². The summed E-state index contributed by atoms with van der Waals surface area (Å²) in [5.41, 5.74) is -0.259. The van der Waals surface area contributed by atoms with Crippen LogP contribution in [-0.2, 0) is 15.8 Å². The minimum absolute atomic E-state index is 0.0180. The lowest BCUT2D eigenvalue weighted by Crippen LogP contribution is -2.34. The third kappa shape index (κ3) is 3.93. The first kappa shape index (κ1) is 19.2. The molecule has 0 aromatic heterocycles. The predicted octanol–water partition coefficient (Wildman–Crippen LogP) is 4.37. The molecule has 0 aliphatic carbocycles. The van der Waals surface area contributed by atoms with Gasteiger partial charge in [-0.25, -0.2) is 0 Å². The second kappa shape index (κ2) is 7.23. The Morgan fingerprint density at radius 1 is 1.19 bits per heavy atom. The van der Waals surface area contributed by atoms with E-state index in [-0.39, 0.29) is 29.6 Å². The van der Waals surface area contributed by atoms with Crippen molar-refractivity contribution in [1.29, 1.82) is 0 Å². The van der Waals surface area contributed by atoms with Crippen LogP contribution >= 0.6 is 11.6 Å². The number of anilines is 2. The number of halogens is 4. The fraction of sp³-hybridized carbons (Fsp3) is 0.263. The van der Waals surface area contributed by atoms with Crippen molar-refractivity contribution in [3.05, 3.63) is 59.1 Å². The molecule has 1 unspecified atom stereocenters. The second-order valence-corrected chi connectivity index (χ2v) is 6.71. The van der Waals surface area contributed by atoms with Crippen LogP contribution in [0.4, 0.5) is 24.5 Å². The summed E-state index contributed by atoms with van der Waals surface area (Å²) in [5, 5.41) is 0.0286. The van der Waals surface area contributed by atoms with Gasteiger partial charge in [0.25, 0.3) is 0 Å². The van der Waals surface area contributed by atoms with Crippen LogP contribution in [0, 0.1) is 5.92 Å². The summed E-state index contributed by atoms with van der Waals surface area (Å²) in [6.07, 6.45) is -4.63. The minimum Gasteiger partial charge on any atom is -0.315 e. The van der Waals surface area contributed by atoms with E-state index in [2.05, 4.69) is 0 Å². The Balaban J connectivity index is 1.83. The Bertz CT molecular complexity index is 871. The predicted molar refractivity (Wildman–Crippen MR) is 96.8 cm³/mol. The molecule has 1 atom stereocenters. The number of benzene rings is 2. The highest BCUT2D eigenvalue weighted by atomic mass is 35.5. The Morgan fingerprint density at radius 3 is 2.48 bits per heavy atom. The largest absolute Gasteiger partial charge is 0.416 e. The highest BCUT2D eigenvalue weighted by Gasteiger charge is 2.39. The first-order valence-corrected chi connectivity index (χ1v) is 8.56. The molecule has 0 spiro atoms. The van der Waals surface area contributed by atoms with Gasteiger partial charge in [-0.2, -0.15) is 13.2 Å². The normalized spacial score (nSPS) is 17.3. The van der Waals surface area contributed by atoms with E-state index in [9.17, 15) is 22.8 Å². The molecule has 0 saturated carbocycles. The van der Waals surface area contributed by atoms with Gasteiger partial charge >= 0.3 is 6.18 Å². The maximum Gasteiger partial charge on any atom is 0.416 e. The standard InChI is InChI=1S/C19H16ClF3N2O2/c1-24(14-5-3-2-4-6-14)18(27)12-9-17(26)25(11-12)16-10-13(19(21,22)23)7-8-15(16)20/h2-8,10,12H,9,11H2,1H3. The van der Waals surface area contributed by atoms with E-state index in [1.54, 1.807) is 31.3 Å². The fourth-order valence-corrected chi connectivity index (χ4v) is 3.27. The summed E-state index contributed by atoms with van der Waals surface area (Å²) in [5.74, 6) is -1.37. The molecule has 0 radical (unpaired) electrons. The van der Waals surface area contributed by atoms with Gasteiger partial charge in [0.05, 0.1) is 22.2 Å². The number of hydrogen-bond donors (Lipinski definition) is 0. The number of nitrogens with zero attached hydrogens (tertiary/aromatic N) is 2. The van der Waals surface area contributed by atoms with Crippen molar-refractivity contribution in [2.24, 2.45) is 5.92 Å². The fourth-order valence-electron chi connectivity index (χ4n) is 3.05. The number of carbonyl (C=O) groups excluding carboxylic acids is 2. The number of carbonyl (C=O) groups is 2. The molecule has 1 aliphatic rings.